The lowest BCUT2D eigenvalue weighted by atomic mass is 9.98. The topological polar surface area (TPSA) is 106 Å². The summed E-state index contributed by atoms with van der Waals surface area (Å²) in [5, 5.41) is 2.74. The van der Waals surface area contributed by atoms with Gasteiger partial charge in [0.05, 0.1) is 6.61 Å². The van der Waals surface area contributed by atoms with Crippen molar-refractivity contribution in [2.45, 2.75) is 33.2 Å². The average Bonchev–Trinajstić information content (AvgIpc) is 2.80. The van der Waals surface area contributed by atoms with Crippen LogP contribution in [0.5, 0.6) is 11.5 Å². The molecule has 2 aromatic rings. The zero-order valence-electron chi connectivity index (χ0n) is 18.0. The van der Waals surface area contributed by atoms with E-state index in [1.165, 1.54) is 0 Å². The lowest BCUT2D eigenvalue weighted by molar-refractivity contribution is -0.131. The number of carbonyl (C=O) groups excluding carboxylic acids is 3. The Morgan fingerprint density at radius 3 is 2.10 bits per heavy atom. The quantitative estimate of drug-likeness (QED) is 0.505. The molecule has 0 unspecified atom stereocenters. The van der Waals surface area contributed by atoms with Crippen LogP contribution in [0.4, 0.5) is 0 Å². The predicted octanol–water partition coefficient (Wildman–Crippen LogP) is 2.46. The third-order valence-corrected chi connectivity index (χ3v) is 4.65. The smallest absolute Gasteiger partial charge is 0.276 e. The van der Waals surface area contributed by atoms with Crippen LogP contribution in [0.1, 0.15) is 37.6 Å². The number of carbonyl (C=O) groups is 3. The summed E-state index contributed by atoms with van der Waals surface area (Å²) in [5.74, 6) is -0.596. The minimum atomic E-state index is -0.808. The van der Waals surface area contributed by atoms with E-state index in [1.54, 1.807) is 54.6 Å². The first-order valence-electron chi connectivity index (χ1n) is 10.3. The van der Waals surface area contributed by atoms with E-state index in [4.69, 9.17) is 9.47 Å². The van der Waals surface area contributed by atoms with Crippen molar-refractivity contribution in [3.63, 3.8) is 0 Å². The molecule has 0 aliphatic heterocycles. The molecule has 3 amide bonds. The standard InChI is InChI=1S/C23H29N3O5/c1-4-16(3)21(24-22(28)17-11-7-6-8-12-17)23(29)26-25-20(27)15-31-19-14-10-9-13-18(19)30-5-2/h6-14,16,21H,4-5,15H2,1-3H3,(H,24,28)(H,25,27)(H,26,29)/t16-,21-/m0/s1. The molecule has 0 spiro atoms. The van der Waals surface area contributed by atoms with Crippen LogP contribution in [0.3, 0.4) is 0 Å². The summed E-state index contributed by atoms with van der Waals surface area (Å²) in [6, 6.07) is 14.8. The second-order valence-corrected chi connectivity index (χ2v) is 6.91. The van der Waals surface area contributed by atoms with Gasteiger partial charge in [-0.05, 0) is 37.1 Å². The summed E-state index contributed by atoms with van der Waals surface area (Å²) in [6.07, 6.45) is 0.665. The zero-order valence-corrected chi connectivity index (χ0v) is 18.0. The van der Waals surface area contributed by atoms with Crippen LogP contribution in [0.2, 0.25) is 0 Å². The maximum Gasteiger partial charge on any atom is 0.276 e. The van der Waals surface area contributed by atoms with Crippen LogP contribution < -0.4 is 25.6 Å². The minimum Gasteiger partial charge on any atom is -0.490 e. The SMILES string of the molecule is CCOc1ccccc1OCC(=O)NNC(=O)[C@@H](NC(=O)c1ccccc1)[C@@H](C)CC. The van der Waals surface area contributed by atoms with Gasteiger partial charge >= 0.3 is 0 Å². The van der Waals surface area contributed by atoms with Crippen molar-refractivity contribution in [3.8, 4) is 11.5 Å². The molecule has 166 valence electrons. The summed E-state index contributed by atoms with van der Waals surface area (Å²) in [6.45, 7) is 5.78. The molecular weight excluding hydrogens is 398 g/mol. The van der Waals surface area contributed by atoms with Gasteiger partial charge in [-0.3, -0.25) is 25.2 Å². The molecule has 0 saturated heterocycles. The maximum atomic E-state index is 12.6. The van der Waals surface area contributed by atoms with Gasteiger partial charge < -0.3 is 14.8 Å². The summed E-state index contributed by atoms with van der Waals surface area (Å²) in [4.78, 5) is 37.2. The first kappa shape index (κ1) is 23.7. The molecule has 0 heterocycles. The van der Waals surface area contributed by atoms with Crippen molar-refractivity contribution in [3.05, 3.63) is 60.2 Å². The largest absolute Gasteiger partial charge is 0.490 e. The van der Waals surface area contributed by atoms with Crippen LogP contribution in [-0.4, -0.2) is 37.0 Å². The van der Waals surface area contributed by atoms with E-state index in [9.17, 15) is 14.4 Å². The highest BCUT2D eigenvalue weighted by Crippen LogP contribution is 2.26. The molecule has 8 nitrogen and oxygen atoms in total. The molecule has 2 rings (SSSR count). The van der Waals surface area contributed by atoms with Gasteiger partial charge in [0.25, 0.3) is 17.7 Å². The molecule has 8 heteroatoms. The summed E-state index contributed by atoms with van der Waals surface area (Å²) >= 11 is 0. The van der Waals surface area contributed by atoms with Crippen LogP contribution in [0.25, 0.3) is 0 Å². The number of hydrazine groups is 1. The van der Waals surface area contributed by atoms with Crippen LogP contribution in [0, 0.1) is 5.92 Å². The highest BCUT2D eigenvalue weighted by Gasteiger charge is 2.26. The fraction of sp³-hybridized carbons (Fsp3) is 0.348. The van der Waals surface area contributed by atoms with Crippen molar-refractivity contribution < 1.29 is 23.9 Å². The van der Waals surface area contributed by atoms with Gasteiger partial charge in [-0.25, -0.2) is 0 Å². The lowest BCUT2D eigenvalue weighted by Gasteiger charge is -2.23. The minimum absolute atomic E-state index is 0.140. The van der Waals surface area contributed by atoms with Gasteiger partial charge in [-0.2, -0.15) is 0 Å². The van der Waals surface area contributed by atoms with E-state index >= 15 is 0 Å². The monoisotopic (exact) mass is 427 g/mol. The molecule has 2 atom stereocenters. The van der Waals surface area contributed by atoms with Crippen molar-refractivity contribution in [2.24, 2.45) is 5.92 Å². The van der Waals surface area contributed by atoms with Gasteiger partial charge in [0.15, 0.2) is 18.1 Å². The Hall–Kier alpha value is -3.55. The maximum absolute atomic E-state index is 12.6. The normalized spacial score (nSPS) is 12.2. The second kappa shape index (κ2) is 12.2. The van der Waals surface area contributed by atoms with Crippen LogP contribution >= 0.6 is 0 Å². The molecule has 0 fully saturated rings. The van der Waals surface area contributed by atoms with E-state index in [1.807, 2.05) is 20.8 Å². The number of hydrogen-bond acceptors (Lipinski definition) is 5. The molecule has 0 radical (unpaired) electrons. The third-order valence-electron chi connectivity index (χ3n) is 4.65. The van der Waals surface area contributed by atoms with Gasteiger partial charge in [0.2, 0.25) is 0 Å². The number of rotatable bonds is 10. The zero-order chi connectivity index (χ0) is 22.6. The number of para-hydroxylation sites is 2. The molecule has 0 aromatic heterocycles. The Morgan fingerprint density at radius 2 is 1.48 bits per heavy atom. The number of amides is 3. The molecule has 0 aliphatic carbocycles. The highest BCUT2D eigenvalue weighted by molar-refractivity contribution is 5.97. The molecule has 2 aromatic carbocycles. The van der Waals surface area contributed by atoms with Gasteiger partial charge in [-0.1, -0.05) is 50.6 Å². The molecule has 0 saturated carbocycles. The lowest BCUT2D eigenvalue weighted by Crippen LogP contribution is -2.55. The first-order chi connectivity index (χ1) is 15.0. The van der Waals surface area contributed by atoms with Gasteiger partial charge in [-0.15, -0.1) is 0 Å². The van der Waals surface area contributed by atoms with Gasteiger partial charge in [0, 0.05) is 5.56 Å². The predicted molar refractivity (Wildman–Crippen MR) is 117 cm³/mol. The average molecular weight is 428 g/mol. The fourth-order valence-electron chi connectivity index (χ4n) is 2.75. The Balaban J connectivity index is 1.90. The van der Waals surface area contributed by atoms with E-state index in [0.717, 1.165) is 0 Å². The summed E-state index contributed by atoms with van der Waals surface area (Å²) in [7, 11) is 0. The fourth-order valence-corrected chi connectivity index (χ4v) is 2.75. The second-order valence-electron chi connectivity index (χ2n) is 6.91. The Kier molecular flexibility index (Phi) is 9.35. The molecule has 0 bridgehead atoms. The Bertz CT molecular complexity index is 873. The van der Waals surface area contributed by atoms with Crippen LogP contribution in [-0.2, 0) is 9.59 Å². The Labute approximate surface area is 182 Å². The van der Waals surface area contributed by atoms with Crippen LogP contribution in [0.15, 0.2) is 54.6 Å². The van der Waals surface area contributed by atoms with Crippen molar-refractivity contribution >= 4 is 17.7 Å². The summed E-state index contributed by atoms with van der Waals surface area (Å²) < 4.78 is 10.9. The Morgan fingerprint density at radius 1 is 0.871 bits per heavy atom. The van der Waals surface area contributed by atoms with Crippen molar-refractivity contribution in [1.82, 2.24) is 16.2 Å². The first-order valence-corrected chi connectivity index (χ1v) is 10.3. The van der Waals surface area contributed by atoms with Crippen molar-refractivity contribution in [1.29, 1.82) is 0 Å². The molecule has 31 heavy (non-hydrogen) atoms. The number of nitrogens with one attached hydrogen (secondary N) is 3. The summed E-state index contributed by atoms with van der Waals surface area (Å²) in [5.41, 5.74) is 5.14. The number of hydrogen-bond donors (Lipinski definition) is 3. The number of benzene rings is 2. The van der Waals surface area contributed by atoms with E-state index in [-0.39, 0.29) is 18.4 Å². The van der Waals surface area contributed by atoms with E-state index in [0.29, 0.717) is 30.1 Å². The van der Waals surface area contributed by atoms with Gasteiger partial charge in [0.1, 0.15) is 6.04 Å². The number of ether oxygens (including phenoxy) is 2. The van der Waals surface area contributed by atoms with E-state index in [2.05, 4.69) is 16.2 Å². The highest BCUT2D eigenvalue weighted by atomic mass is 16.5. The molecule has 0 aliphatic rings. The molecular formula is C23H29N3O5. The van der Waals surface area contributed by atoms with E-state index < -0.39 is 17.9 Å². The van der Waals surface area contributed by atoms with Crippen molar-refractivity contribution in [2.75, 3.05) is 13.2 Å². The third kappa shape index (κ3) is 7.33. The molecule has 3 N–H and O–H groups in total.